The normalized spacial score (nSPS) is 17.0. The number of carbonyl (C=O) groups excluding carboxylic acids is 1. The zero-order chi connectivity index (χ0) is 19.1. The van der Waals surface area contributed by atoms with Gasteiger partial charge in [-0.05, 0) is 24.1 Å². The summed E-state index contributed by atoms with van der Waals surface area (Å²) in [4.78, 5) is 17.8. The number of hydrogen-bond acceptors (Lipinski definition) is 5. The van der Waals surface area contributed by atoms with Crippen molar-refractivity contribution in [2.24, 2.45) is 0 Å². The van der Waals surface area contributed by atoms with Gasteiger partial charge >= 0.3 is 6.09 Å². The van der Waals surface area contributed by atoms with Crippen LogP contribution in [0.2, 0.25) is 0 Å². The predicted octanol–water partition coefficient (Wildman–Crippen LogP) is 1.95. The number of rotatable bonds is 7. The lowest BCUT2D eigenvalue weighted by Crippen LogP contribution is -2.38. The van der Waals surface area contributed by atoms with Gasteiger partial charge in [0.2, 0.25) is 10.0 Å². The van der Waals surface area contributed by atoms with E-state index >= 15 is 0 Å². The van der Waals surface area contributed by atoms with Crippen LogP contribution in [0.3, 0.4) is 0 Å². The van der Waals surface area contributed by atoms with Gasteiger partial charge in [0.05, 0.1) is 5.25 Å². The van der Waals surface area contributed by atoms with E-state index < -0.39 is 21.4 Å². The molecule has 0 unspecified atom stereocenters. The van der Waals surface area contributed by atoms with Gasteiger partial charge in [-0.15, -0.1) is 0 Å². The lowest BCUT2D eigenvalue weighted by Gasteiger charge is -2.17. The molecule has 144 valence electrons. The SMILES string of the molecule is O=C(OCc1ccccc1)N1CC[C@H](S(=O)(=O)NCCc2ccccn2)C1. The summed E-state index contributed by atoms with van der Waals surface area (Å²) in [5, 5.41) is -0.620. The van der Waals surface area contributed by atoms with Crippen molar-refractivity contribution in [2.75, 3.05) is 19.6 Å². The van der Waals surface area contributed by atoms with Crippen LogP contribution in [-0.2, 0) is 27.8 Å². The van der Waals surface area contributed by atoms with Crippen molar-refractivity contribution < 1.29 is 17.9 Å². The molecule has 8 heteroatoms. The molecule has 27 heavy (non-hydrogen) atoms. The zero-order valence-corrected chi connectivity index (χ0v) is 15.8. The van der Waals surface area contributed by atoms with E-state index in [1.165, 1.54) is 4.90 Å². The van der Waals surface area contributed by atoms with Crippen molar-refractivity contribution >= 4 is 16.1 Å². The minimum atomic E-state index is -3.49. The summed E-state index contributed by atoms with van der Waals surface area (Å²) in [6.07, 6.45) is 2.12. The highest BCUT2D eigenvalue weighted by molar-refractivity contribution is 7.90. The lowest BCUT2D eigenvalue weighted by atomic mass is 10.2. The molecule has 0 radical (unpaired) electrons. The van der Waals surface area contributed by atoms with E-state index in [0.717, 1.165) is 11.3 Å². The second-order valence-electron chi connectivity index (χ2n) is 6.41. The van der Waals surface area contributed by atoms with Gasteiger partial charge in [0.1, 0.15) is 6.61 Å². The third-order valence-corrected chi connectivity index (χ3v) is 6.33. The summed E-state index contributed by atoms with van der Waals surface area (Å²) in [6.45, 7) is 0.982. The molecule has 0 saturated carbocycles. The number of amides is 1. The molecule has 0 spiro atoms. The number of benzene rings is 1. The summed E-state index contributed by atoms with van der Waals surface area (Å²) in [7, 11) is -3.49. The van der Waals surface area contributed by atoms with Gasteiger partial charge in [-0.1, -0.05) is 36.4 Å². The van der Waals surface area contributed by atoms with E-state index in [4.69, 9.17) is 4.74 Å². The average molecular weight is 389 g/mol. The predicted molar refractivity (Wildman–Crippen MR) is 101 cm³/mol. The van der Waals surface area contributed by atoms with Crippen molar-refractivity contribution in [3.05, 3.63) is 66.0 Å². The van der Waals surface area contributed by atoms with E-state index in [1.807, 2.05) is 48.5 Å². The molecule has 7 nitrogen and oxygen atoms in total. The van der Waals surface area contributed by atoms with E-state index in [0.29, 0.717) is 19.4 Å². The largest absolute Gasteiger partial charge is 0.445 e. The van der Waals surface area contributed by atoms with Gasteiger partial charge in [-0.2, -0.15) is 0 Å². The average Bonchev–Trinajstić information content (AvgIpc) is 3.19. The molecule has 1 fully saturated rings. The molecular weight excluding hydrogens is 366 g/mol. The highest BCUT2D eigenvalue weighted by atomic mass is 32.2. The van der Waals surface area contributed by atoms with E-state index in [-0.39, 0.29) is 19.7 Å². The van der Waals surface area contributed by atoms with Crippen LogP contribution in [-0.4, -0.2) is 49.3 Å². The van der Waals surface area contributed by atoms with Crippen LogP contribution >= 0.6 is 0 Å². The Bertz CT molecular complexity index is 844. The fourth-order valence-corrected chi connectivity index (χ4v) is 4.36. The third-order valence-electron chi connectivity index (χ3n) is 4.46. The Labute approximate surface area is 159 Å². The Morgan fingerprint density at radius 3 is 2.70 bits per heavy atom. The number of carbonyl (C=O) groups is 1. The first-order chi connectivity index (χ1) is 13.0. The molecule has 1 aromatic carbocycles. The van der Waals surface area contributed by atoms with Crippen LogP contribution < -0.4 is 4.72 Å². The molecule has 0 bridgehead atoms. The maximum Gasteiger partial charge on any atom is 0.410 e. The van der Waals surface area contributed by atoms with Crippen LogP contribution in [0.4, 0.5) is 4.79 Å². The number of nitrogens with zero attached hydrogens (tertiary/aromatic N) is 2. The lowest BCUT2D eigenvalue weighted by molar-refractivity contribution is 0.104. The Kier molecular flexibility index (Phi) is 6.41. The van der Waals surface area contributed by atoms with Gasteiger partial charge in [0.25, 0.3) is 0 Å². The first-order valence-corrected chi connectivity index (χ1v) is 10.4. The van der Waals surface area contributed by atoms with E-state index in [1.54, 1.807) is 6.20 Å². The number of nitrogens with one attached hydrogen (secondary N) is 1. The molecule has 0 aliphatic carbocycles. The Balaban J connectivity index is 1.45. The van der Waals surface area contributed by atoms with Crippen molar-refractivity contribution in [3.8, 4) is 0 Å². The minimum absolute atomic E-state index is 0.145. The smallest absolute Gasteiger partial charge is 0.410 e. The fourth-order valence-electron chi connectivity index (χ4n) is 2.94. The number of likely N-dealkylation sites (tertiary alicyclic amines) is 1. The molecule has 1 amide bonds. The number of hydrogen-bond donors (Lipinski definition) is 1. The van der Waals surface area contributed by atoms with Gasteiger partial charge in [-0.25, -0.2) is 17.9 Å². The maximum absolute atomic E-state index is 12.5. The summed E-state index contributed by atoms with van der Waals surface area (Å²) in [6, 6.07) is 14.9. The molecule has 1 saturated heterocycles. The first-order valence-electron chi connectivity index (χ1n) is 8.88. The number of aromatic nitrogens is 1. The summed E-state index contributed by atoms with van der Waals surface area (Å²) >= 11 is 0. The van der Waals surface area contributed by atoms with Crippen molar-refractivity contribution in [3.63, 3.8) is 0 Å². The molecule has 1 aliphatic heterocycles. The van der Waals surface area contributed by atoms with Crippen molar-refractivity contribution in [1.29, 1.82) is 0 Å². The molecule has 1 aliphatic rings. The standard InChI is InChI=1S/C19H23N3O4S/c23-19(26-15-16-6-2-1-3-7-16)22-13-10-18(14-22)27(24,25)21-12-9-17-8-4-5-11-20-17/h1-8,11,18,21H,9-10,12-15H2/t18-/m0/s1. The number of pyridine rings is 1. The molecule has 1 aromatic heterocycles. The van der Waals surface area contributed by atoms with Crippen LogP contribution in [0.5, 0.6) is 0 Å². The third kappa shape index (κ3) is 5.51. The molecule has 2 aromatic rings. The van der Waals surface area contributed by atoms with E-state index in [9.17, 15) is 13.2 Å². The number of ether oxygens (including phenoxy) is 1. The summed E-state index contributed by atoms with van der Waals surface area (Å²) in [5.41, 5.74) is 1.73. The molecule has 3 rings (SSSR count). The Hall–Kier alpha value is -2.45. The van der Waals surface area contributed by atoms with Crippen molar-refractivity contribution in [2.45, 2.75) is 24.7 Å². The fraction of sp³-hybridized carbons (Fsp3) is 0.368. The Morgan fingerprint density at radius 1 is 1.19 bits per heavy atom. The highest BCUT2D eigenvalue weighted by Gasteiger charge is 2.35. The molecule has 1 atom stereocenters. The number of sulfonamides is 1. The monoisotopic (exact) mass is 389 g/mol. The van der Waals surface area contributed by atoms with Gasteiger partial charge in [-0.3, -0.25) is 4.98 Å². The second-order valence-corrected chi connectivity index (χ2v) is 8.45. The van der Waals surface area contributed by atoms with Crippen LogP contribution in [0.25, 0.3) is 0 Å². The van der Waals surface area contributed by atoms with Gasteiger partial charge in [0, 0.05) is 37.9 Å². The quantitative estimate of drug-likeness (QED) is 0.782. The second kappa shape index (κ2) is 8.96. The maximum atomic E-state index is 12.5. The summed E-state index contributed by atoms with van der Waals surface area (Å²) < 4.78 is 32.8. The topological polar surface area (TPSA) is 88.6 Å². The Morgan fingerprint density at radius 2 is 1.96 bits per heavy atom. The van der Waals surface area contributed by atoms with Crippen LogP contribution in [0.15, 0.2) is 54.7 Å². The van der Waals surface area contributed by atoms with E-state index in [2.05, 4.69) is 9.71 Å². The van der Waals surface area contributed by atoms with Crippen LogP contribution in [0.1, 0.15) is 17.7 Å². The molecule has 2 heterocycles. The first kappa shape index (κ1) is 19.3. The molecule has 1 N–H and O–H groups in total. The zero-order valence-electron chi connectivity index (χ0n) is 15.0. The van der Waals surface area contributed by atoms with Gasteiger partial charge < -0.3 is 9.64 Å². The van der Waals surface area contributed by atoms with Crippen molar-refractivity contribution in [1.82, 2.24) is 14.6 Å². The minimum Gasteiger partial charge on any atom is -0.445 e. The van der Waals surface area contributed by atoms with Crippen LogP contribution in [0, 0.1) is 0 Å². The highest BCUT2D eigenvalue weighted by Crippen LogP contribution is 2.17. The molecular formula is C19H23N3O4S. The van der Waals surface area contributed by atoms with Gasteiger partial charge in [0.15, 0.2) is 0 Å². The summed E-state index contributed by atoms with van der Waals surface area (Å²) in [5.74, 6) is 0.